The molecule has 2 aliphatic heterocycles. The van der Waals surface area contributed by atoms with Crippen LogP contribution in [0.25, 0.3) is 11.1 Å². The number of hydrogen-bond donors (Lipinski definition) is 4. The first kappa shape index (κ1) is 48.9. The second-order valence-corrected chi connectivity index (χ2v) is 19.9. The Bertz CT molecular complexity index is 2080. The van der Waals surface area contributed by atoms with Crippen LogP contribution in [-0.2, 0) is 27.4 Å². The fourth-order valence-corrected chi connectivity index (χ4v) is 10.5. The van der Waals surface area contributed by atoms with Crippen molar-refractivity contribution in [3.05, 3.63) is 83.4 Å². The van der Waals surface area contributed by atoms with E-state index in [0.29, 0.717) is 60.2 Å². The van der Waals surface area contributed by atoms with Crippen molar-refractivity contribution in [2.75, 3.05) is 59.9 Å². The zero-order chi connectivity index (χ0) is 46.6. The molecule has 3 amide bonds. The van der Waals surface area contributed by atoms with Crippen LogP contribution in [0.3, 0.4) is 0 Å². The van der Waals surface area contributed by atoms with Crippen LogP contribution in [0.1, 0.15) is 82.3 Å². The third-order valence-corrected chi connectivity index (χ3v) is 14.9. The van der Waals surface area contributed by atoms with E-state index in [-0.39, 0.29) is 60.3 Å². The molecule has 10 atom stereocenters. The summed E-state index contributed by atoms with van der Waals surface area (Å²) in [5, 5.41) is 29.9. The third-order valence-electron chi connectivity index (χ3n) is 14.9. The normalized spacial score (nSPS) is 26.7. The molecule has 3 aromatic rings. The van der Waals surface area contributed by atoms with Crippen molar-refractivity contribution >= 4 is 23.4 Å². The van der Waals surface area contributed by atoms with E-state index in [9.17, 15) is 24.6 Å². The van der Waals surface area contributed by atoms with E-state index in [0.717, 1.165) is 29.7 Å². The molecule has 3 fully saturated rings. The number of anilines is 1. The molecule has 0 radical (unpaired) electrons. The molecule has 0 unspecified atom stereocenters. The Hall–Kier alpha value is -4.53. The van der Waals surface area contributed by atoms with E-state index in [1.165, 1.54) is 0 Å². The van der Waals surface area contributed by atoms with Gasteiger partial charge in [0.05, 0.1) is 26.4 Å². The Morgan fingerprint density at radius 2 is 1.72 bits per heavy atom. The monoisotopic (exact) mass is 883 g/mol. The van der Waals surface area contributed by atoms with Gasteiger partial charge in [0.25, 0.3) is 5.91 Å². The fraction of sp³-hybridized carbons (Fsp3) is 0.588. The maximum Gasteiger partial charge on any atom is 0.251 e. The number of carbonyl (C=O) groups is 3. The lowest BCUT2D eigenvalue weighted by Crippen LogP contribution is -2.56. The first-order chi connectivity index (χ1) is 30.4. The molecule has 0 aromatic heterocycles. The van der Waals surface area contributed by atoms with Crippen LogP contribution < -0.4 is 20.3 Å². The summed E-state index contributed by atoms with van der Waals surface area (Å²) in [5.41, 5.74) is 4.60. The molecule has 1 saturated carbocycles. The van der Waals surface area contributed by atoms with Gasteiger partial charge in [-0.3, -0.25) is 19.2 Å². The molecule has 13 heteroatoms. The molecule has 6 rings (SSSR count). The highest BCUT2D eigenvalue weighted by molar-refractivity contribution is 5.98. The minimum absolute atomic E-state index is 0.00841. The molecule has 4 N–H and O–H groups in total. The number of methoxy groups -OCH3 is 1. The summed E-state index contributed by atoms with van der Waals surface area (Å²) in [7, 11) is 9.12. The molecule has 2 saturated heterocycles. The van der Waals surface area contributed by atoms with Gasteiger partial charge >= 0.3 is 0 Å². The van der Waals surface area contributed by atoms with E-state index in [1.807, 2.05) is 68.7 Å². The molecular weight excluding hydrogens is 809 g/mol. The van der Waals surface area contributed by atoms with Gasteiger partial charge in [-0.25, -0.2) is 0 Å². The van der Waals surface area contributed by atoms with E-state index in [2.05, 4.69) is 67.2 Å². The minimum atomic E-state index is -0.946. The molecule has 3 aliphatic rings. The number of hydrogen-bond acceptors (Lipinski definition) is 10. The molecular formula is C51H74N6O7. The Kier molecular flexibility index (Phi) is 15.9. The van der Waals surface area contributed by atoms with Crippen LogP contribution in [0, 0.1) is 29.1 Å². The van der Waals surface area contributed by atoms with Crippen LogP contribution in [0.15, 0.2) is 66.7 Å². The van der Waals surface area contributed by atoms with Crippen molar-refractivity contribution in [3.8, 4) is 16.9 Å². The summed E-state index contributed by atoms with van der Waals surface area (Å²) in [6.07, 6.45) is 1.27. The number of para-hydroxylation sites is 1. The lowest BCUT2D eigenvalue weighted by molar-refractivity contribution is -0.182. The maximum atomic E-state index is 14.5. The van der Waals surface area contributed by atoms with Gasteiger partial charge in [0, 0.05) is 67.6 Å². The number of likely N-dealkylation sites (N-methyl/N-ethyl adjacent to an activating group) is 2. The molecule has 1 aliphatic carbocycles. The number of amides is 3. The van der Waals surface area contributed by atoms with Gasteiger partial charge in [-0.1, -0.05) is 83.1 Å². The van der Waals surface area contributed by atoms with Gasteiger partial charge in [0.15, 0.2) is 0 Å². The van der Waals surface area contributed by atoms with Crippen molar-refractivity contribution in [1.82, 2.24) is 25.5 Å². The first-order valence-corrected chi connectivity index (χ1v) is 23.2. The van der Waals surface area contributed by atoms with E-state index in [4.69, 9.17) is 9.57 Å². The van der Waals surface area contributed by atoms with Crippen LogP contribution in [-0.4, -0.2) is 134 Å². The number of ether oxygens (including phenoxy) is 1. The predicted octanol–water partition coefficient (Wildman–Crippen LogP) is 5.62. The quantitative estimate of drug-likeness (QED) is 0.143. The zero-order valence-corrected chi connectivity index (χ0v) is 40.0. The highest BCUT2D eigenvalue weighted by atomic mass is 16.7. The van der Waals surface area contributed by atoms with Crippen LogP contribution in [0.2, 0.25) is 0 Å². The highest BCUT2D eigenvalue weighted by Gasteiger charge is 2.51. The smallest absolute Gasteiger partial charge is 0.251 e. The molecule has 350 valence electrons. The summed E-state index contributed by atoms with van der Waals surface area (Å²) in [6, 6.07) is 20.2. The molecule has 2 heterocycles. The zero-order valence-electron chi connectivity index (χ0n) is 40.0. The second-order valence-electron chi connectivity index (χ2n) is 19.9. The average molecular weight is 883 g/mol. The van der Waals surface area contributed by atoms with Gasteiger partial charge in [-0.15, -0.1) is 0 Å². The predicted molar refractivity (Wildman–Crippen MR) is 252 cm³/mol. The lowest BCUT2D eigenvalue weighted by Gasteiger charge is -2.50. The van der Waals surface area contributed by atoms with Gasteiger partial charge in [-0.2, -0.15) is 5.06 Å². The molecule has 3 aromatic carbocycles. The van der Waals surface area contributed by atoms with Crippen LogP contribution in [0.5, 0.6) is 5.75 Å². The number of nitrogens with one attached hydrogen (secondary N) is 2. The average Bonchev–Trinajstić information content (AvgIpc) is 3.90. The molecule has 64 heavy (non-hydrogen) atoms. The van der Waals surface area contributed by atoms with Crippen LogP contribution in [0.4, 0.5) is 5.69 Å². The third kappa shape index (κ3) is 10.6. The summed E-state index contributed by atoms with van der Waals surface area (Å²) < 4.78 is 6.21. The standard InChI is InChI=1S/C51H74N6O7/c1-31-23-42(32(2)33(3)51(31,5)6)53-49(61)46-45(34(4)59)44(30-58)64-57(46)28-36-19-15-20-41(47(36)63-11)37-25-38(27-40(26-37)56-22-16-21-43(56)50(62)55(9)10)48(60)52-39(29-54(7)8)24-35-17-13-12-14-18-35/h12-15,17-20,25-27,31-34,39,42-46,58-59H,16,21-24,28-30H2,1-11H3,(H,52,60)(H,53,61)/t31-,32+,33+,34+,39+,42+,43-,44+,45-,46+/m1/s1. The number of benzene rings is 3. The van der Waals surface area contributed by atoms with Crippen molar-refractivity contribution in [1.29, 1.82) is 0 Å². The van der Waals surface area contributed by atoms with Gasteiger partial charge in [0.2, 0.25) is 11.8 Å². The Morgan fingerprint density at radius 3 is 2.36 bits per heavy atom. The number of aliphatic hydroxyl groups is 2. The molecule has 0 spiro atoms. The number of carbonyl (C=O) groups excluding carboxylic acids is 3. The summed E-state index contributed by atoms with van der Waals surface area (Å²) in [6.45, 7) is 14.0. The minimum Gasteiger partial charge on any atom is -0.496 e. The van der Waals surface area contributed by atoms with E-state index >= 15 is 0 Å². The summed E-state index contributed by atoms with van der Waals surface area (Å²) in [4.78, 5) is 54.7. The van der Waals surface area contributed by atoms with Crippen molar-refractivity contribution in [2.24, 2.45) is 29.1 Å². The first-order valence-electron chi connectivity index (χ1n) is 23.2. The highest BCUT2D eigenvalue weighted by Crippen LogP contribution is 2.48. The topological polar surface area (TPSA) is 147 Å². The largest absolute Gasteiger partial charge is 0.496 e. The molecule has 13 nitrogen and oxygen atoms in total. The second kappa shape index (κ2) is 20.8. The Balaban J connectivity index is 1.37. The van der Waals surface area contributed by atoms with E-state index in [1.54, 1.807) is 38.1 Å². The SMILES string of the molecule is COc1c(CN2O[C@@H](CO)[C@@H]([C@H](C)O)[C@H]2C(=O)N[C@H]2C[C@@H](C)C(C)(C)[C@@H](C)[C@@H]2C)cccc1-c1cc(C(=O)N[C@@H](Cc2ccccc2)CN(C)C)cc(N2CCC[C@@H]2C(=O)N(C)C)c1. The van der Waals surface area contributed by atoms with Crippen LogP contribution >= 0.6 is 0 Å². The van der Waals surface area contributed by atoms with Crippen molar-refractivity contribution < 1.29 is 34.2 Å². The number of nitrogens with zero attached hydrogens (tertiary/aromatic N) is 4. The van der Waals surface area contributed by atoms with Gasteiger partial charge in [0.1, 0.15) is 23.9 Å². The van der Waals surface area contributed by atoms with Crippen molar-refractivity contribution in [3.63, 3.8) is 0 Å². The van der Waals surface area contributed by atoms with Crippen molar-refractivity contribution in [2.45, 2.75) is 110 Å². The Labute approximate surface area is 381 Å². The maximum absolute atomic E-state index is 14.5. The number of aliphatic hydroxyl groups excluding tert-OH is 2. The van der Waals surface area contributed by atoms with E-state index < -0.39 is 24.2 Å². The number of rotatable bonds is 16. The summed E-state index contributed by atoms with van der Waals surface area (Å²) in [5.74, 6) is 0.338. The van der Waals surface area contributed by atoms with Gasteiger partial charge in [-0.05, 0) is 99.2 Å². The van der Waals surface area contributed by atoms with Gasteiger partial charge < -0.3 is 40.3 Å². The lowest BCUT2D eigenvalue weighted by atomic mass is 9.58. The fourth-order valence-electron chi connectivity index (χ4n) is 10.5. The summed E-state index contributed by atoms with van der Waals surface area (Å²) >= 11 is 0. The number of hydroxylamine groups is 2. The Morgan fingerprint density at radius 1 is 1.00 bits per heavy atom. The molecule has 0 bridgehead atoms.